The Morgan fingerprint density at radius 2 is 1.61 bits per heavy atom. The Morgan fingerprint density at radius 1 is 1.09 bits per heavy atom. The average Bonchev–Trinajstić information content (AvgIpc) is 2.65. The minimum absolute atomic E-state index is 0.0417. The molecule has 1 saturated carbocycles. The summed E-state index contributed by atoms with van der Waals surface area (Å²) in [6.45, 7) is 4.79. The van der Waals surface area contributed by atoms with Crippen LogP contribution in [0.1, 0.15) is 84.5 Å². The first-order valence-corrected chi connectivity index (χ1v) is 13.3. The monoisotopic (exact) mass is 490 g/mol. The van der Waals surface area contributed by atoms with Gasteiger partial charge in [-0.25, -0.2) is 0 Å². The van der Waals surface area contributed by atoms with Gasteiger partial charge in [0.25, 0.3) is 0 Å². The highest BCUT2D eigenvalue weighted by Crippen LogP contribution is 2.19. The third-order valence-corrected chi connectivity index (χ3v) is 6.36. The molecule has 0 saturated heterocycles. The van der Waals surface area contributed by atoms with Gasteiger partial charge in [-0.15, -0.1) is 4.40 Å². The van der Waals surface area contributed by atoms with Gasteiger partial charge in [-0.1, -0.05) is 57.8 Å². The van der Waals surface area contributed by atoms with Gasteiger partial charge in [0.1, 0.15) is 18.9 Å². The summed E-state index contributed by atoms with van der Waals surface area (Å²) in [4.78, 5) is 10.9. The van der Waals surface area contributed by atoms with Gasteiger partial charge in [-0.3, -0.25) is 4.79 Å². The molecular formula is C23H42N2O7S. The minimum Gasteiger partial charge on any atom is -0.858 e. The number of quaternary nitrogens is 1. The van der Waals surface area contributed by atoms with E-state index in [1.807, 2.05) is 0 Å². The maximum Gasteiger partial charge on any atom is 0.427 e. The van der Waals surface area contributed by atoms with Crippen LogP contribution in [0, 0.1) is 0 Å². The predicted octanol–water partition coefficient (Wildman–Crippen LogP) is 3.20. The Labute approximate surface area is 199 Å². The molecule has 192 valence electrons. The van der Waals surface area contributed by atoms with E-state index in [0.717, 1.165) is 17.1 Å². The molecule has 2 rings (SSSR count). The molecule has 0 aromatic rings. The molecule has 2 aliphatic rings. The molecule has 1 aliphatic carbocycles. The van der Waals surface area contributed by atoms with E-state index >= 15 is 0 Å². The molecule has 1 aliphatic heterocycles. The lowest BCUT2D eigenvalue weighted by molar-refractivity contribution is -0.910. The van der Waals surface area contributed by atoms with Crippen LogP contribution in [-0.4, -0.2) is 64.8 Å². The molecule has 0 N–H and O–H groups in total. The Balaban J connectivity index is 0.000000451. The van der Waals surface area contributed by atoms with Gasteiger partial charge in [0.05, 0.1) is 20.2 Å². The second-order valence-electron chi connectivity index (χ2n) is 9.37. The van der Waals surface area contributed by atoms with Crippen LogP contribution in [0.25, 0.3) is 0 Å². The zero-order valence-corrected chi connectivity index (χ0v) is 21.5. The SMILES string of the molecule is CC(=O)OCC[N+](C)(C)COC1CCCCCCCCCCC1.CC1=CC([O-])=NS(=O)(=O)O1. The Kier molecular flexibility index (Phi) is 13.6. The first kappa shape index (κ1) is 29.4. The molecule has 0 radical (unpaired) electrons. The first-order chi connectivity index (χ1) is 15.5. The highest BCUT2D eigenvalue weighted by atomic mass is 32.2. The van der Waals surface area contributed by atoms with Crippen molar-refractivity contribution < 1.29 is 36.5 Å². The number of hydrogen-bond donors (Lipinski definition) is 0. The molecular weight excluding hydrogens is 448 g/mol. The van der Waals surface area contributed by atoms with E-state index in [4.69, 9.17) is 9.47 Å². The van der Waals surface area contributed by atoms with Crippen LogP contribution < -0.4 is 5.11 Å². The van der Waals surface area contributed by atoms with E-state index in [2.05, 4.69) is 22.7 Å². The normalized spacial score (nSPS) is 20.5. The van der Waals surface area contributed by atoms with E-state index in [1.165, 1.54) is 84.5 Å². The lowest BCUT2D eigenvalue weighted by Crippen LogP contribution is -2.45. The summed E-state index contributed by atoms with van der Waals surface area (Å²) in [5, 5.41) is 10.4. The van der Waals surface area contributed by atoms with Crippen molar-refractivity contribution in [3.8, 4) is 0 Å². The summed E-state index contributed by atoms with van der Waals surface area (Å²) >= 11 is 0. The fourth-order valence-electron chi connectivity index (χ4n) is 3.62. The number of allylic oxidation sites excluding steroid dienone is 1. The molecule has 0 unspecified atom stereocenters. The lowest BCUT2D eigenvalue weighted by Gasteiger charge is -2.31. The number of likely N-dealkylation sites (N-methyl/N-ethyl adjacent to an activating group) is 1. The number of ether oxygens (including phenoxy) is 2. The second kappa shape index (κ2) is 15.3. The van der Waals surface area contributed by atoms with Gasteiger partial charge in [0.15, 0.2) is 6.73 Å². The topological polar surface area (TPSA) is 114 Å². The van der Waals surface area contributed by atoms with Gasteiger partial charge in [-0.2, -0.15) is 8.42 Å². The molecule has 0 atom stereocenters. The number of hydrogen-bond acceptors (Lipinski definition) is 7. The summed E-state index contributed by atoms with van der Waals surface area (Å²) in [6, 6.07) is 0. The first-order valence-electron chi connectivity index (χ1n) is 12.0. The second-order valence-corrected chi connectivity index (χ2v) is 10.6. The van der Waals surface area contributed by atoms with Gasteiger partial charge in [0.2, 0.25) is 0 Å². The largest absolute Gasteiger partial charge is 0.858 e. The van der Waals surface area contributed by atoms with Crippen molar-refractivity contribution in [2.24, 2.45) is 4.40 Å². The van der Waals surface area contributed by atoms with Crippen LogP contribution in [0.15, 0.2) is 16.2 Å². The Morgan fingerprint density at radius 3 is 2.06 bits per heavy atom. The molecule has 33 heavy (non-hydrogen) atoms. The molecule has 0 aromatic carbocycles. The van der Waals surface area contributed by atoms with Crippen LogP contribution >= 0.6 is 0 Å². The van der Waals surface area contributed by atoms with Gasteiger partial charge in [-0.05, 0) is 25.8 Å². The summed E-state index contributed by atoms with van der Waals surface area (Å²) in [6.07, 6.45) is 16.1. The van der Waals surface area contributed by atoms with Gasteiger partial charge < -0.3 is 23.2 Å². The third kappa shape index (κ3) is 15.8. The number of esters is 1. The maximum absolute atomic E-state index is 10.9. The standard InChI is InChI=1S/C19H38NO3.C4H5NO4S/c1-18(21)22-16-15-20(2,3)17-23-19-13-11-9-7-5-4-6-8-10-12-14-19;1-3-2-4(6)5-10(7,8)9-3/h19H,4-17H2,1-3H3;2H,1H3,(H,5,6)/q+1;/p-1. The number of nitrogens with zero attached hydrogens (tertiary/aromatic N) is 2. The molecule has 0 amide bonds. The maximum atomic E-state index is 10.9. The van der Waals surface area contributed by atoms with Crippen molar-refractivity contribution in [3.05, 3.63) is 11.8 Å². The van der Waals surface area contributed by atoms with Crippen LogP contribution in [-0.2, 0) is 28.8 Å². The molecule has 0 bridgehead atoms. The predicted molar refractivity (Wildman–Crippen MR) is 125 cm³/mol. The summed E-state index contributed by atoms with van der Waals surface area (Å²) in [5.74, 6) is -0.964. The van der Waals surface area contributed by atoms with Crippen molar-refractivity contribution in [2.45, 2.75) is 90.6 Å². The zero-order valence-electron chi connectivity index (χ0n) is 20.7. The van der Waals surface area contributed by atoms with E-state index < -0.39 is 16.2 Å². The Hall–Kier alpha value is -1.65. The van der Waals surface area contributed by atoms with Crippen molar-refractivity contribution in [2.75, 3.05) is 34.0 Å². The lowest BCUT2D eigenvalue weighted by atomic mass is 9.99. The average molecular weight is 491 g/mol. The van der Waals surface area contributed by atoms with E-state index in [9.17, 15) is 18.3 Å². The van der Waals surface area contributed by atoms with E-state index in [0.29, 0.717) is 19.4 Å². The van der Waals surface area contributed by atoms with Crippen LogP contribution in [0.5, 0.6) is 0 Å². The van der Waals surface area contributed by atoms with Gasteiger partial charge >= 0.3 is 16.3 Å². The minimum atomic E-state index is -3.97. The molecule has 0 aromatic heterocycles. The van der Waals surface area contributed by atoms with Crippen molar-refractivity contribution >= 4 is 22.2 Å². The van der Waals surface area contributed by atoms with E-state index in [-0.39, 0.29) is 11.7 Å². The summed E-state index contributed by atoms with van der Waals surface area (Å²) in [5.41, 5.74) is 0. The van der Waals surface area contributed by atoms with Crippen LogP contribution in [0.3, 0.4) is 0 Å². The molecule has 0 spiro atoms. The number of rotatable bonds is 6. The number of carbonyl (C=O) groups excluding carboxylic acids is 1. The zero-order chi connectivity index (χ0) is 24.7. The van der Waals surface area contributed by atoms with Crippen molar-refractivity contribution in [1.82, 2.24) is 0 Å². The quantitative estimate of drug-likeness (QED) is 0.319. The molecule has 1 heterocycles. The highest BCUT2D eigenvalue weighted by Gasteiger charge is 2.19. The van der Waals surface area contributed by atoms with Crippen molar-refractivity contribution in [1.29, 1.82) is 0 Å². The summed E-state index contributed by atoms with van der Waals surface area (Å²) < 4.78 is 39.8. The van der Waals surface area contributed by atoms with Crippen LogP contribution in [0.4, 0.5) is 0 Å². The third-order valence-electron chi connectivity index (χ3n) is 5.48. The van der Waals surface area contributed by atoms with Gasteiger partial charge in [0, 0.05) is 12.8 Å². The molecule has 9 nitrogen and oxygen atoms in total. The molecule has 10 heteroatoms. The fourth-order valence-corrected chi connectivity index (χ4v) is 4.31. The fraction of sp³-hybridized carbons (Fsp3) is 0.826. The summed E-state index contributed by atoms with van der Waals surface area (Å²) in [7, 11) is 0.302. The van der Waals surface area contributed by atoms with E-state index in [1.54, 1.807) is 0 Å². The highest BCUT2D eigenvalue weighted by molar-refractivity contribution is 7.85. The molecule has 1 fully saturated rings. The Bertz CT molecular complexity index is 736. The number of carbonyl (C=O) groups is 1. The smallest absolute Gasteiger partial charge is 0.427 e. The van der Waals surface area contributed by atoms with Crippen LogP contribution in [0.2, 0.25) is 0 Å². The van der Waals surface area contributed by atoms with Crippen molar-refractivity contribution in [3.63, 3.8) is 0 Å².